The number of hydrogen-bond donors (Lipinski definition) is 0. The summed E-state index contributed by atoms with van der Waals surface area (Å²) in [6.07, 6.45) is 0. The van der Waals surface area contributed by atoms with Crippen molar-refractivity contribution in [2.24, 2.45) is 0 Å². The molecule has 2 rings (SSSR count). The standard InChI is InChI=1S/C13H6Br2ClF3/c14-8-3-6(1-2-10(8)17)13(15)7-4-11(18)12(19)5-9(7)16/h1-5,13H. The minimum atomic E-state index is -1.01. The maximum Gasteiger partial charge on any atom is 0.160 e. The minimum absolute atomic E-state index is 0.0984. The van der Waals surface area contributed by atoms with Gasteiger partial charge in [0.2, 0.25) is 0 Å². The first-order valence-electron chi connectivity index (χ1n) is 5.13. The predicted molar refractivity (Wildman–Crippen MR) is 76.2 cm³/mol. The summed E-state index contributed by atoms with van der Waals surface area (Å²) in [5.74, 6) is -2.39. The molecule has 1 atom stereocenters. The lowest BCUT2D eigenvalue weighted by Gasteiger charge is -2.13. The Hall–Kier alpha value is -0.520. The molecule has 0 amide bonds. The van der Waals surface area contributed by atoms with Gasteiger partial charge >= 0.3 is 0 Å². The summed E-state index contributed by atoms with van der Waals surface area (Å²) in [6.45, 7) is 0. The van der Waals surface area contributed by atoms with Gasteiger partial charge in [-0.05, 0) is 51.3 Å². The monoisotopic (exact) mass is 412 g/mol. The third-order valence-electron chi connectivity index (χ3n) is 2.55. The Morgan fingerprint density at radius 1 is 0.947 bits per heavy atom. The molecule has 0 aliphatic rings. The van der Waals surface area contributed by atoms with E-state index in [1.165, 1.54) is 12.1 Å². The van der Waals surface area contributed by atoms with Gasteiger partial charge in [-0.15, -0.1) is 0 Å². The van der Waals surface area contributed by atoms with Gasteiger partial charge in [-0.1, -0.05) is 33.6 Å². The van der Waals surface area contributed by atoms with Crippen molar-refractivity contribution in [2.45, 2.75) is 4.83 Å². The minimum Gasteiger partial charge on any atom is -0.206 e. The van der Waals surface area contributed by atoms with Gasteiger partial charge in [-0.2, -0.15) is 0 Å². The number of benzene rings is 2. The van der Waals surface area contributed by atoms with E-state index in [0.717, 1.165) is 12.1 Å². The van der Waals surface area contributed by atoms with Crippen LogP contribution in [-0.4, -0.2) is 0 Å². The van der Waals surface area contributed by atoms with Crippen LogP contribution in [0.25, 0.3) is 0 Å². The Balaban J connectivity index is 2.46. The van der Waals surface area contributed by atoms with E-state index in [1.54, 1.807) is 6.07 Å². The molecule has 0 nitrogen and oxygen atoms in total. The lowest BCUT2D eigenvalue weighted by Crippen LogP contribution is -1.97. The summed E-state index contributed by atoms with van der Waals surface area (Å²) >= 11 is 12.3. The van der Waals surface area contributed by atoms with Crippen LogP contribution in [0.5, 0.6) is 0 Å². The number of rotatable bonds is 2. The topological polar surface area (TPSA) is 0 Å². The highest BCUT2D eigenvalue weighted by Crippen LogP contribution is 2.37. The van der Waals surface area contributed by atoms with Crippen molar-refractivity contribution in [2.75, 3.05) is 0 Å². The summed E-state index contributed by atoms with van der Waals surface area (Å²) in [7, 11) is 0. The Morgan fingerprint density at radius 3 is 2.21 bits per heavy atom. The first-order chi connectivity index (χ1) is 8.90. The summed E-state index contributed by atoms with van der Waals surface area (Å²) in [5.41, 5.74) is 1.04. The highest BCUT2D eigenvalue weighted by Gasteiger charge is 2.18. The molecule has 0 radical (unpaired) electrons. The fourth-order valence-electron chi connectivity index (χ4n) is 1.58. The zero-order valence-corrected chi connectivity index (χ0v) is 13.2. The average Bonchev–Trinajstić information content (AvgIpc) is 2.36. The summed E-state index contributed by atoms with van der Waals surface area (Å²) < 4.78 is 39.7. The molecule has 0 bridgehead atoms. The molecule has 0 spiro atoms. The largest absolute Gasteiger partial charge is 0.206 e. The van der Waals surface area contributed by atoms with Crippen LogP contribution in [0.1, 0.15) is 16.0 Å². The van der Waals surface area contributed by atoms with E-state index >= 15 is 0 Å². The van der Waals surface area contributed by atoms with Crippen LogP contribution in [0.4, 0.5) is 13.2 Å². The first-order valence-corrected chi connectivity index (χ1v) is 7.22. The lowest BCUT2D eigenvalue weighted by atomic mass is 10.0. The van der Waals surface area contributed by atoms with E-state index in [1.807, 2.05) is 0 Å². The molecule has 19 heavy (non-hydrogen) atoms. The fourth-order valence-corrected chi connectivity index (χ4v) is 3.03. The number of hydrogen-bond acceptors (Lipinski definition) is 0. The van der Waals surface area contributed by atoms with E-state index in [9.17, 15) is 13.2 Å². The Bertz CT molecular complexity index is 632. The summed E-state index contributed by atoms with van der Waals surface area (Å²) in [5, 5.41) is 0.0984. The molecular formula is C13H6Br2ClF3. The van der Waals surface area contributed by atoms with E-state index < -0.39 is 22.3 Å². The quantitative estimate of drug-likeness (QED) is 0.417. The van der Waals surface area contributed by atoms with E-state index in [2.05, 4.69) is 31.9 Å². The predicted octanol–water partition coefficient (Wildman–Crippen LogP) is 6.00. The second-order valence-corrected chi connectivity index (χ2v) is 6.00. The molecule has 6 heteroatoms. The molecule has 0 heterocycles. The van der Waals surface area contributed by atoms with Gasteiger partial charge in [0.05, 0.1) is 9.30 Å². The van der Waals surface area contributed by atoms with Crippen molar-refractivity contribution in [1.82, 2.24) is 0 Å². The Labute approximate surface area is 129 Å². The molecular weight excluding hydrogens is 408 g/mol. The average molecular weight is 414 g/mol. The summed E-state index contributed by atoms with van der Waals surface area (Å²) in [4.78, 5) is -0.466. The van der Waals surface area contributed by atoms with Crippen molar-refractivity contribution in [3.05, 3.63) is 68.4 Å². The molecule has 0 saturated carbocycles. The zero-order chi connectivity index (χ0) is 14.2. The van der Waals surface area contributed by atoms with Crippen LogP contribution in [-0.2, 0) is 0 Å². The third-order valence-corrected chi connectivity index (χ3v) is 4.51. The van der Waals surface area contributed by atoms with Gasteiger partial charge in [0.25, 0.3) is 0 Å². The van der Waals surface area contributed by atoms with Crippen molar-refractivity contribution >= 4 is 43.5 Å². The van der Waals surface area contributed by atoms with Crippen LogP contribution in [0.15, 0.2) is 34.8 Å². The third kappa shape index (κ3) is 3.15. The van der Waals surface area contributed by atoms with Gasteiger partial charge in [0.15, 0.2) is 11.6 Å². The molecule has 0 saturated heterocycles. The molecule has 2 aromatic rings. The van der Waals surface area contributed by atoms with Crippen LogP contribution in [0.3, 0.4) is 0 Å². The van der Waals surface area contributed by atoms with Crippen molar-refractivity contribution in [3.63, 3.8) is 0 Å². The molecule has 1 unspecified atom stereocenters. The highest BCUT2D eigenvalue weighted by molar-refractivity contribution is 9.10. The smallest absolute Gasteiger partial charge is 0.160 e. The van der Waals surface area contributed by atoms with Gasteiger partial charge in [-0.25, -0.2) is 13.2 Å². The van der Waals surface area contributed by atoms with E-state index in [0.29, 0.717) is 11.1 Å². The molecule has 0 aliphatic heterocycles. The molecule has 0 aliphatic carbocycles. The van der Waals surface area contributed by atoms with Crippen LogP contribution < -0.4 is 0 Å². The fraction of sp³-hybridized carbons (Fsp3) is 0.0769. The molecule has 0 N–H and O–H groups in total. The van der Waals surface area contributed by atoms with Gasteiger partial charge in [-0.3, -0.25) is 0 Å². The van der Waals surface area contributed by atoms with Crippen LogP contribution in [0.2, 0.25) is 5.02 Å². The Morgan fingerprint density at radius 2 is 1.58 bits per heavy atom. The number of alkyl halides is 1. The second kappa shape index (κ2) is 5.85. The molecule has 2 aromatic carbocycles. The van der Waals surface area contributed by atoms with Gasteiger partial charge in [0, 0.05) is 5.02 Å². The Kier molecular flexibility index (Phi) is 4.58. The van der Waals surface area contributed by atoms with Gasteiger partial charge in [0.1, 0.15) is 5.82 Å². The second-order valence-electron chi connectivity index (χ2n) is 3.82. The lowest BCUT2D eigenvalue weighted by molar-refractivity contribution is 0.507. The van der Waals surface area contributed by atoms with Crippen molar-refractivity contribution < 1.29 is 13.2 Å². The molecule has 0 fully saturated rings. The van der Waals surface area contributed by atoms with Crippen LogP contribution in [0, 0.1) is 17.5 Å². The maximum atomic E-state index is 13.3. The number of halogens is 6. The van der Waals surface area contributed by atoms with Gasteiger partial charge < -0.3 is 0 Å². The van der Waals surface area contributed by atoms with Crippen LogP contribution >= 0.6 is 43.5 Å². The maximum absolute atomic E-state index is 13.3. The molecule has 0 aromatic heterocycles. The van der Waals surface area contributed by atoms with Crippen molar-refractivity contribution in [3.8, 4) is 0 Å². The zero-order valence-electron chi connectivity index (χ0n) is 9.23. The SMILES string of the molecule is Fc1cc(Cl)c(C(Br)c2ccc(F)c(Br)c2)cc1F. The first kappa shape index (κ1) is 14.9. The normalized spacial score (nSPS) is 12.5. The van der Waals surface area contributed by atoms with E-state index in [4.69, 9.17) is 11.6 Å². The molecule has 100 valence electrons. The summed E-state index contributed by atoms with van der Waals surface area (Å²) in [6, 6.07) is 6.30. The highest BCUT2D eigenvalue weighted by atomic mass is 79.9. The van der Waals surface area contributed by atoms with Crippen molar-refractivity contribution in [1.29, 1.82) is 0 Å². The van der Waals surface area contributed by atoms with E-state index in [-0.39, 0.29) is 9.50 Å².